The fourth-order valence-corrected chi connectivity index (χ4v) is 3.88. The molecule has 3 aromatic rings. The number of anilines is 1. The van der Waals surface area contributed by atoms with Crippen LogP contribution >= 0.6 is 0 Å². The number of nitrogens with one attached hydrogen (secondary N) is 1. The first kappa shape index (κ1) is 20.6. The fraction of sp³-hybridized carbons (Fsp3) is 0.238. The second-order valence-corrected chi connectivity index (χ2v) is 8.87. The van der Waals surface area contributed by atoms with Crippen molar-refractivity contribution in [1.82, 2.24) is 0 Å². The third kappa shape index (κ3) is 4.32. The number of hydrogen-bond donors (Lipinski definition) is 2. The van der Waals surface area contributed by atoms with Gasteiger partial charge in [0, 0.05) is 18.3 Å². The van der Waals surface area contributed by atoms with E-state index in [0.717, 1.165) is 11.6 Å². The lowest BCUT2D eigenvalue weighted by Crippen LogP contribution is -2.12. The van der Waals surface area contributed by atoms with E-state index in [9.17, 15) is 23.1 Å². The molecule has 0 unspecified atom stereocenters. The number of benzene rings is 2. The van der Waals surface area contributed by atoms with Crippen molar-refractivity contribution < 1.29 is 22.7 Å². The Morgan fingerprint density at radius 2 is 1.90 bits per heavy atom. The molecule has 152 valence electrons. The lowest BCUT2D eigenvalue weighted by molar-refractivity contribution is 0.0698. The maximum absolute atomic E-state index is 12.5. The van der Waals surface area contributed by atoms with Crippen LogP contribution in [-0.2, 0) is 16.3 Å². The van der Waals surface area contributed by atoms with Crippen LogP contribution in [0.1, 0.15) is 28.4 Å². The van der Waals surface area contributed by atoms with Crippen LogP contribution in [-0.4, -0.2) is 31.8 Å². The molecule has 0 aliphatic rings. The minimum Gasteiger partial charge on any atom is -0.478 e. The molecule has 0 aliphatic carbocycles. The van der Waals surface area contributed by atoms with E-state index in [1.807, 2.05) is 13.0 Å². The molecule has 8 heteroatoms. The van der Waals surface area contributed by atoms with E-state index in [1.165, 1.54) is 13.0 Å². The third-order valence-corrected chi connectivity index (χ3v) is 6.16. The van der Waals surface area contributed by atoms with Crippen LogP contribution in [0.4, 0.5) is 5.69 Å². The molecule has 2 aromatic carbocycles. The monoisotopic (exact) mass is 415 g/mol. The van der Waals surface area contributed by atoms with E-state index < -0.39 is 21.2 Å². The van der Waals surface area contributed by atoms with E-state index in [2.05, 4.69) is 5.32 Å². The SMILES string of the molecule is CCS(=O)(=O)c1cc(=O)c2cc(C)cc(CCNc3ccccc3C(=O)O)c2o1. The average molecular weight is 415 g/mol. The standard InChI is InChI=1S/C21H21NO6S/c1-3-29(26,27)19-12-18(23)16-11-13(2)10-14(20(16)28-19)8-9-22-17-7-5-4-6-15(17)21(24)25/h4-7,10-12,22H,3,8-9H2,1-2H3,(H,24,25). The number of aromatic carboxylic acids is 1. The second kappa shape index (κ2) is 8.08. The van der Waals surface area contributed by atoms with Crippen LogP contribution in [0.25, 0.3) is 11.0 Å². The molecule has 2 N–H and O–H groups in total. The van der Waals surface area contributed by atoms with Gasteiger partial charge in [-0.15, -0.1) is 0 Å². The maximum Gasteiger partial charge on any atom is 0.337 e. The highest BCUT2D eigenvalue weighted by Gasteiger charge is 2.19. The molecule has 0 amide bonds. The summed E-state index contributed by atoms with van der Waals surface area (Å²) >= 11 is 0. The number of carboxylic acids is 1. The number of rotatable bonds is 7. The zero-order valence-electron chi connectivity index (χ0n) is 16.1. The zero-order valence-corrected chi connectivity index (χ0v) is 16.9. The molecule has 0 saturated heterocycles. The third-order valence-electron chi connectivity index (χ3n) is 4.58. The molecule has 0 radical (unpaired) electrons. The van der Waals surface area contributed by atoms with E-state index in [0.29, 0.717) is 29.6 Å². The Labute approximate surface area is 167 Å². The highest BCUT2D eigenvalue weighted by atomic mass is 32.2. The Kier molecular flexibility index (Phi) is 5.74. The number of carboxylic acid groups (broad SMARTS) is 1. The summed E-state index contributed by atoms with van der Waals surface area (Å²) in [4.78, 5) is 23.8. The van der Waals surface area contributed by atoms with Crippen molar-refractivity contribution in [2.24, 2.45) is 0 Å². The maximum atomic E-state index is 12.5. The Bertz CT molecular complexity index is 1240. The first-order valence-electron chi connectivity index (χ1n) is 9.09. The Morgan fingerprint density at radius 1 is 1.17 bits per heavy atom. The van der Waals surface area contributed by atoms with Crippen molar-refractivity contribution >= 4 is 32.5 Å². The number of hydrogen-bond acceptors (Lipinski definition) is 6. The molecule has 7 nitrogen and oxygen atoms in total. The van der Waals surface area contributed by atoms with Crippen molar-refractivity contribution in [1.29, 1.82) is 0 Å². The molecule has 0 atom stereocenters. The van der Waals surface area contributed by atoms with Gasteiger partial charge in [-0.2, -0.15) is 0 Å². The molecule has 0 fully saturated rings. The van der Waals surface area contributed by atoms with Crippen molar-refractivity contribution in [2.45, 2.75) is 25.4 Å². The number of carbonyl (C=O) groups is 1. The van der Waals surface area contributed by atoms with Crippen molar-refractivity contribution in [3.63, 3.8) is 0 Å². The highest BCUT2D eigenvalue weighted by Crippen LogP contribution is 2.23. The summed E-state index contributed by atoms with van der Waals surface area (Å²) in [5.41, 5.74) is 1.98. The van der Waals surface area contributed by atoms with Gasteiger partial charge in [0.1, 0.15) is 5.58 Å². The number of fused-ring (bicyclic) bond motifs is 1. The first-order chi connectivity index (χ1) is 13.7. The Hall–Kier alpha value is -3.13. The van der Waals surface area contributed by atoms with Crippen LogP contribution in [0.2, 0.25) is 0 Å². The topological polar surface area (TPSA) is 114 Å². The van der Waals surface area contributed by atoms with Crippen LogP contribution < -0.4 is 10.7 Å². The van der Waals surface area contributed by atoms with Gasteiger partial charge in [-0.05, 0) is 42.7 Å². The van der Waals surface area contributed by atoms with E-state index in [1.54, 1.807) is 24.3 Å². The summed E-state index contributed by atoms with van der Waals surface area (Å²) in [6.07, 6.45) is 0.407. The summed E-state index contributed by atoms with van der Waals surface area (Å²) < 4.78 is 30.0. The molecular formula is C21H21NO6S. The van der Waals surface area contributed by atoms with Crippen molar-refractivity contribution in [3.05, 3.63) is 69.4 Å². The summed E-state index contributed by atoms with van der Waals surface area (Å²) in [6.45, 7) is 3.70. The predicted molar refractivity (Wildman–Crippen MR) is 111 cm³/mol. The summed E-state index contributed by atoms with van der Waals surface area (Å²) in [5, 5.41) is 12.3. The molecule has 0 spiro atoms. The predicted octanol–water partition coefficient (Wildman–Crippen LogP) is 3.25. The summed E-state index contributed by atoms with van der Waals surface area (Å²) in [6, 6.07) is 11.1. The molecule has 3 rings (SSSR count). The molecule has 1 heterocycles. The smallest absolute Gasteiger partial charge is 0.337 e. The minimum atomic E-state index is -3.67. The molecule has 29 heavy (non-hydrogen) atoms. The number of aryl methyl sites for hydroxylation is 1. The molecule has 1 aromatic heterocycles. The van der Waals surface area contributed by atoms with Crippen LogP contribution in [0.3, 0.4) is 0 Å². The molecular weight excluding hydrogens is 394 g/mol. The van der Waals surface area contributed by atoms with Crippen LogP contribution in [0, 0.1) is 6.92 Å². The van der Waals surface area contributed by atoms with Gasteiger partial charge in [0.25, 0.3) is 0 Å². The Morgan fingerprint density at radius 3 is 2.59 bits per heavy atom. The zero-order chi connectivity index (χ0) is 21.2. The van der Waals surface area contributed by atoms with Gasteiger partial charge >= 0.3 is 5.97 Å². The highest BCUT2D eigenvalue weighted by molar-refractivity contribution is 7.91. The number of sulfone groups is 1. The molecule has 0 saturated carbocycles. The van der Waals surface area contributed by atoms with Crippen molar-refractivity contribution in [2.75, 3.05) is 17.6 Å². The summed E-state index contributed by atoms with van der Waals surface area (Å²) in [5.74, 6) is -1.20. The van der Waals surface area contributed by atoms with Gasteiger partial charge in [0.2, 0.25) is 14.9 Å². The average Bonchev–Trinajstić information content (AvgIpc) is 2.68. The quantitative estimate of drug-likeness (QED) is 0.609. The van der Waals surface area contributed by atoms with Gasteiger partial charge < -0.3 is 14.8 Å². The van der Waals surface area contributed by atoms with Gasteiger partial charge in [-0.25, -0.2) is 13.2 Å². The summed E-state index contributed by atoms with van der Waals surface area (Å²) in [7, 11) is -3.67. The van der Waals surface area contributed by atoms with E-state index in [-0.39, 0.29) is 22.0 Å². The lowest BCUT2D eigenvalue weighted by Gasteiger charge is -2.12. The van der Waals surface area contributed by atoms with Gasteiger partial charge in [0.15, 0.2) is 5.43 Å². The van der Waals surface area contributed by atoms with E-state index >= 15 is 0 Å². The minimum absolute atomic E-state index is 0.157. The van der Waals surface area contributed by atoms with Crippen LogP contribution in [0.15, 0.2) is 56.8 Å². The van der Waals surface area contributed by atoms with Gasteiger partial charge in [-0.3, -0.25) is 4.79 Å². The van der Waals surface area contributed by atoms with Gasteiger partial charge in [-0.1, -0.05) is 25.1 Å². The molecule has 0 aliphatic heterocycles. The van der Waals surface area contributed by atoms with Gasteiger partial charge in [0.05, 0.1) is 16.7 Å². The van der Waals surface area contributed by atoms with Crippen LogP contribution in [0.5, 0.6) is 0 Å². The largest absolute Gasteiger partial charge is 0.478 e. The first-order valence-corrected chi connectivity index (χ1v) is 10.7. The number of para-hydroxylation sites is 1. The Balaban J connectivity index is 1.97. The second-order valence-electron chi connectivity index (χ2n) is 6.66. The normalized spacial score (nSPS) is 11.5. The lowest BCUT2D eigenvalue weighted by atomic mass is 10.0. The fourth-order valence-electron chi connectivity index (χ4n) is 3.10. The molecule has 0 bridgehead atoms. The van der Waals surface area contributed by atoms with E-state index in [4.69, 9.17) is 4.42 Å². The van der Waals surface area contributed by atoms with Crippen molar-refractivity contribution in [3.8, 4) is 0 Å².